The van der Waals surface area contributed by atoms with Crippen molar-refractivity contribution in [1.82, 2.24) is 4.98 Å². The monoisotopic (exact) mass is 249 g/mol. The fourth-order valence-electron chi connectivity index (χ4n) is 1.20. The number of phenolic OH excluding ortho intramolecular Hbond substituents is 1. The number of nitrogens with zero attached hydrogens (tertiary/aromatic N) is 3. The number of hydrogen-bond donors (Lipinski definition) is 1. The first kappa shape index (κ1) is 11.5. The number of hydrogen-bond acceptors (Lipinski definition) is 6. The van der Waals surface area contributed by atoms with Crippen molar-refractivity contribution in [3.05, 3.63) is 29.8 Å². The molecule has 0 amide bonds. The normalized spacial score (nSPS) is 10.9. The van der Waals surface area contributed by atoms with E-state index in [0.29, 0.717) is 23.2 Å². The molecule has 0 saturated heterocycles. The second-order valence-electron chi connectivity index (χ2n) is 3.10. The molecule has 1 aromatic heterocycles. The number of aromatic nitrogens is 1. The minimum atomic E-state index is 0.0637. The third-order valence-corrected chi connectivity index (χ3v) is 2.58. The number of rotatable bonds is 4. The summed E-state index contributed by atoms with van der Waals surface area (Å²) in [6, 6.07) is 4.85. The summed E-state index contributed by atoms with van der Waals surface area (Å²) in [7, 11) is 0. The molecule has 0 atom stereocenters. The van der Waals surface area contributed by atoms with Gasteiger partial charge in [0.25, 0.3) is 0 Å². The van der Waals surface area contributed by atoms with Gasteiger partial charge in [0.2, 0.25) is 5.13 Å². The second-order valence-corrected chi connectivity index (χ2v) is 3.97. The molecule has 0 radical (unpaired) electrons. The Balaban J connectivity index is 2.22. The highest BCUT2D eigenvalue weighted by Gasteiger charge is 2.02. The van der Waals surface area contributed by atoms with Gasteiger partial charge in [-0.2, -0.15) is 0 Å². The molecule has 2 rings (SSSR count). The maximum Gasteiger partial charge on any atom is 0.229 e. The van der Waals surface area contributed by atoms with Crippen molar-refractivity contribution in [1.29, 1.82) is 0 Å². The third-order valence-electron chi connectivity index (χ3n) is 1.92. The number of phenols is 1. The average molecular weight is 249 g/mol. The van der Waals surface area contributed by atoms with Crippen LogP contribution in [-0.4, -0.2) is 16.7 Å². The summed E-state index contributed by atoms with van der Waals surface area (Å²) in [5.74, 6) is 0.715. The maximum atomic E-state index is 9.61. The molecule has 0 spiro atoms. The van der Waals surface area contributed by atoms with Crippen LogP contribution in [0.3, 0.4) is 0 Å². The molecule has 0 bridgehead atoms. The van der Waals surface area contributed by atoms with Gasteiger partial charge in [-0.05, 0) is 19.1 Å². The summed E-state index contributed by atoms with van der Waals surface area (Å²) in [4.78, 5) is 3.96. The Kier molecular flexibility index (Phi) is 3.66. The second kappa shape index (κ2) is 5.40. The number of azo groups is 1. The Morgan fingerprint density at radius 3 is 3.00 bits per heavy atom. The van der Waals surface area contributed by atoms with Crippen molar-refractivity contribution in [3.8, 4) is 11.5 Å². The van der Waals surface area contributed by atoms with E-state index < -0.39 is 0 Å². The lowest BCUT2D eigenvalue weighted by Gasteiger charge is -2.03. The van der Waals surface area contributed by atoms with Crippen LogP contribution in [0, 0.1) is 0 Å². The van der Waals surface area contributed by atoms with E-state index in [-0.39, 0.29) is 5.75 Å². The van der Waals surface area contributed by atoms with Gasteiger partial charge in [0.15, 0.2) is 0 Å². The van der Waals surface area contributed by atoms with Crippen molar-refractivity contribution in [3.63, 3.8) is 0 Å². The molecule has 1 aromatic carbocycles. The van der Waals surface area contributed by atoms with Gasteiger partial charge >= 0.3 is 0 Å². The van der Waals surface area contributed by atoms with E-state index in [1.165, 1.54) is 17.4 Å². The molecular formula is C11H11N3O2S. The van der Waals surface area contributed by atoms with Gasteiger partial charge in [-0.15, -0.1) is 21.6 Å². The highest BCUT2D eigenvalue weighted by atomic mass is 32.1. The molecule has 0 fully saturated rings. The summed E-state index contributed by atoms with van der Waals surface area (Å²) in [5, 5.41) is 19.8. The van der Waals surface area contributed by atoms with Crippen LogP contribution in [0.4, 0.5) is 10.8 Å². The lowest BCUT2D eigenvalue weighted by molar-refractivity contribution is 0.339. The van der Waals surface area contributed by atoms with Crippen LogP contribution in [-0.2, 0) is 0 Å². The Hall–Kier alpha value is -1.95. The van der Waals surface area contributed by atoms with E-state index in [9.17, 15) is 5.11 Å². The fraction of sp³-hybridized carbons (Fsp3) is 0.182. The Morgan fingerprint density at radius 2 is 2.29 bits per heavy atom. The van der Waals surface area contributed by atoms with Crippen molar-refractivity contribution >= 4 is 22.2 Å². The molecular weight excluding hydrogens is 238 g/mol. The minimum Gasteiger partial charge on any atom is -0.506 e. The molecule has 6 heteroatoms. The number of aromatic hydroxyl groups is 1. The number of benzene rings is 1. The highest BCUT2D eigenvalue weighted by molar-refractivity contribution is 7.13. The fourth-order valence-corrected chi connectivity index (χ4v) is 1.65. The predicted octanol–water partition coefficient (Wildman–Crippen LogP) is 3.66. The molecule has 88 valence electrons. The van der Waals surface area contributed by atoms with E-state index in [4.69, 9.17) is 4.74 Å². The first-order valence-electron chi connectivity index (χ1n) is 5.06. The average Bonchev–Trinajstić information content (AvgIpc) is 2.83. The molecule has 5 nitrogen and oxygen atoms in total. The van der Waals surface area contributed by atoms with Gasteiger partial charge in [0, 0.05) is 17.6 Å². The van der Waals surface area contributed by atoms with Crippen LogP contribution in [0.2, 0.25) is 0 Å². The first-order valence-corrected chi connectivity index (χ1v) is 5.94. The van der Waals surface area contributed by atoms with Crippen LogP contribution < -0.4 is 4.74 Å². The zero-order chi connectivity index (χ0) is 12.1. The summed E-state index contributed by atoms with van der Waals surface area (Å²) in [6.07, 6.45) is 1.65. The molecule has 2 aromatic rings. The summed E-state index contributed by atoms with van der Waals surface area (Å²) in [5.41, 5.74) is 0.367. The van der Waals surface area contributed by atoms with Gasteiger partial charge in [-0.3, -0.25) is 0 Å². The van der Waals surface area contributed by atoms with Crippen LogP contribution in [0.5, 0.6) is 11.5 Å². The van der Waals surface area contributed by atoms with Crippen LogP contribution in [0.1, 0.15) is 6.92 Å². The van der Waals surface area contributed by atoms with Gasteiger partial charge in [-0.1, -0.05) is 0 Å². The summed E-state index contributed by atoms with van der Waals surface area (Å²) in [6.45, 7) is 2.46. The van der Waals surface area contributed by atoms with E-state index in [0.717, 1.165) is 0 Å². The van der Waals surface area contributed by atoms with Gasteiger partial charge < -0.3 is 9.84 Å². The first-order chi connectivity index (χ1) is 8.29. The molecule has 0 aliphatic rings. The lowest BCUT2D eigenvalue weighted by atomic mass is 10.3. The van der Waals surface area contributed by atoms with Crippen molar-refractivity contribution in [2.75, 3.05) is 6.61 Å². The van der Waals surface area contributed by atoms with E-state index in [1.54, 1.807) is 18.3 Å². The van der Waals surface area contributed by atoms with Gasteiger partial charge in [0.05, 0.1) is 6.61 Å². The molecule has 0 aliphatic heterocycles. The van der Waals surface area contributed by atoms with Crippen LogP contribution in [0.25, 0.3) is 0 Å². The van der Waals surface area contributed by atoms with Gasteiger partial charge in [-0.25, -0.2) is 4.98 Å². The number of ether oxygens (including phenoxy) is 1. The Bertz CT molecular complexity index is 511. The Labute approximate surface area is 102 Å². The largest absolute Gasteiger partial charge is 0.506 e. The quantitative estimate of drug-likeness (QED) is 0.841. The summed E-state index contributed by atoms with van der Waals surface area (Å²) >= 11 is 1.38. The van der Waals surface area contributed by atoms with Crippen molar-refractivity contribution in [2.45, 2.75) is 6.92 Å². The van der Waals surface area contributed by atoms with E-state index >= 15 is 0 Å². The van der Waals surface area contributed by atoms with E-state index in [1.807, 2.05) is 12.3 Å². The third kappa shape index (κ3) is 3.01. The molecule has 1 N–H and O–H groups in total. The SMILES string of the molecule is CCOc1ccc(O)c(N=Nc2nccs2)c1. The number of thiazole rings is 1. The molecule has 1 heterocycles. The van der Waals surface area contributed by atoms with E-state index in [2.05, 4.69) is 15.2 Å². The highest BCUT2D eigenvalue weighted by Crippen LogP contribution is 2.32. The van der Waals surface area contributed by atoms with Gasteiger partial charge in [0.1, 0.15) is 17.2 Å². The zero-order valence-corrected chi connectivity index (χ0v) is 10.0. The van der Waals surface area contributed by atoms with Crippen molar-refractivity contribution in [2.24, 2.45) is 10.2 Å². The lowest BCUT2D eigenvalue weighted by Crippen LogP contribution is -1.90. The predicted molar refractivity (Wildman–Crippen MR) is 65.6 cm³/mol. The van der Waals surface area contributed by atoms with Crippen molar-refractivity contribution < 1.29 is 9.84 Å². The Morgan fingerprint density at radius 1 is 1.41 bits per heavy atom. The summed E-state index contributed by atoms with van der Waals surface area (Å²) < 4.78 is 5.31. The molecule has 17 heavy (non-hydrogen) atoms. The maximum absolute atomic E-state index is 9.61. The zero-order valence-electron chi connectivity index (χ0n) is 9.20. The van der Waals surface area contributed by atoms with Crippen LogP contribution >= 0.6 is 11.3 Å². The minimum absolute atomic E-state index is 0.0637. The standard InChI is InChI=1S/C11H11N3O2S/c1-2-16-8-3-4-10(15)9(7-8)13-14-11-12-5-6-17-11/h3-7,15H,2H2,1H3. The smallest absolute Gasteiger partial charge is 0.229 e. The molecule has 0 unspecified atom stereocenters. The topological polar surface area (TPSA) is 67.1 Å². The molecule has 0 saturated carbocycles. The van der Waals surface area contributed by atoms with Crippen LogP contribution in [0.15, 0.2) is 40.0 Å². The molecule has 0 aliphatic carbocycles.